The van der Waals surface area contributed by atoms with Gasteiger partial charge >= 0.3 is 6.03 Å². The normalized spacial score (nSPS) is 16.1. The second-order valence-electron chi connectivity index (χ2n) is 6.40. The molecule has 1 aromatic heterocycles. The van der Waals surface area contributed by atoms with Crippen LogP contribution in [0.3, 0.4) is 0 Å². The molecular weight excluding hydrogens is 298 g/mol. The first kappa shape index (κ1) is 14.8. The topological polar surface area (TPSA) is 48.1 Å². The molecule has 4 rings (SSSR count). The number of nitrogens with zero attached hydrogens (tertiary/aromatic N) is 1. The molecule has 0 fully saturated rings. The van der Waals surface area contributed by atoms with Crippen molar-refractivity contribution < 1.29 is 4.79 Å². The predicted octanol–water partition coefficient (Wildman–Crippen LogP) is 4.00. The number of aromatic nitrogens is 1. The van der Waals surface area contributed by atoms with Crippen molar-refractivity contribution in [2.24, 2.45) is 0 Å². The Kier molecular flexibility index (Phi) is 3.73. The Morgan fingerprint density at radius 1 is 1.21 bits per heavy atom. The van der Waals surface area contributed by atoms with Crippen LogP contribution in [0.5, 0.6) is 0 Å². The third-order valence-electron chi connectivity index (χ3n) is 4.90. The third-order valence-corrected chi connectivity index (χ3v) is 4.90. The molecule has 4 heteroatoms. The highest BCUT2D eigenvalue weighted by Gasteiger charge is 2.28. The van der Waals surface area contributed by atoms with E-state index in [1.807, 2.05) is 36.2 Å². The summed E-state index contributed by atoms with van der Waals surface area (Å²) in [7, 11) is 1.88. The van der Waals surface area contributed by atoms with Gasteiger partial charge in [-0.25, -0.2) is 4.79 Å². The number of amides is 2. The molecule has 1 aliphatic carbocycles. The van der Waals surface area contributed by atoms with Gasteiger partial charge < -0.3 is 15.2 Å². The average molecular weight is 319 g/mol. The van der Waals surface area contributed by atoms with Crippen molar-refractivity contribution >= 4 is 16.9 Å². The zero-order valence-electron chi connectivity index (χ0n) is 13.8. The monoisotopic (exact) mass is 319 g/mol. The molecule has 2 aromatic carbocycles. The zero-order chi connectivity index (χ0) is 16.5. The van der Waals surface area contributed by atoms with Gasteiger partial charge in [0.1, 0.15) is 0 Å². The summed E-state index contributed by atoms with van der Waals surface area (Å²) >= 11 is 0. The van der Waals surface area contributed by atoms with E-state index in [-0.39, 0.29) is 12.1 Å². The predicted molar refractivity (Wildman–Crippen MR) is 95.8 cm³/mol. The fourth-order valence-electron chi connectivity index (χ4n) is 3.60. The number of carbonyl (C=O) groups is 1. The van der Waals surface area contributed by atoms with Crippen LogP contribution in [0.2, 0.25) is 0 Å². The van der Waals surface area contributed by atoms with Crippen LogP contribution in [0.1, 0.15) is 29.3 Å². The first-order valence-corrected chi connectivity index (χ1v) is 8.37. The number of fused-ring (bicyclic) bond motifs is 2. The van der Waals surface area contributed by atoms with Gasteiger partial charge in [0, 0.05) is 18.3 Å². The number of hydrogen-bond acceptors (Lipinski definition) is 1. The number of hydrogen-bond donors (Lipinski definition) is 2. The second-order valence-corrected chi connectivity index (χ2v) is 6.40. The van der Waals surface area contributed by atoms with Crippen LogP contribution in [-0.2, 0) is 13.0 Å². The molecule has 1 atom stereocenters. The maximum absolute atomic E-state index is 12.5. The smallest absolute Gasteiger partial charge is 0.317 e. The minimum absolute atomic E-state index is 0.0321. The first-order chi connectivity index (χ1) is 11.7. The van der Waals surface area contributed by atoms with E-state index in [9.17, 15) is 4.79 Å². The molecule has 1 aliphatic rings. The molecule has 3 aromatic rings. The number of benzene rings is 2. The maximum Gasteiger partial charge on any atom is 0.317 e. The van der Waals surface area contributed by atoms with Crippen LogP contribution < -0.4 is 5.32 Å². The lowest BCUT2D eigenvalue weighted by atomic mass is 10.1. The van der Waals surface area contributed by atoms with E-state index >= 15 is 0 Å². The molecule has 0 saturated heterocycles. The number of carbonyl (C=O) groups excluding carboxylic acids is 1. The van der Waals surface area contributed by atoms with Gasteiger partial charge in [0.2, 0.25) is 0 Å². The molecule has 0 spiro atoms. The molecule has 0 bridgehead atoms. The highest BCUT2D eigenvalue weighted by molar-refractivity contribution is 5.80. The molecule has 0 aliphatic heterocycles. The summed E-state index contributed by atoms with van der Waals surface area (Å²) in [6.07, 6.45) is 2.04. The Balaban J connectivity index is 1.43. The van der Waals surface area contributed by atoms with Crippen LogP contribution in [-0.4, -0.2) is 23.0 Å². The van der Waals surface area contributed by atoms with Crippen LogP contribution in [0.15, 0.2) is 54.6 Å². The van der Waals surface area contributed by atoms with Crippen LogP contribution in [0.25, 0.3) is 10.9 Å². The van der Waals surface area contributed by atoms with E-state index in [2.05, 4.69) is 40.6 Å². The van der Waals surface area contributed by atoms with Crippen molar-refractivity contribution in [3.05, 3.63) is 71.4 Å². The van der Waals surface area contributed by atoms with Crippen molar-refractivity contribution in [1.29, 1.82) is 0 Å². The van der Waals surface area contributed by atoms with Gasteiger partial charge in [-0.1, -0.05) is 42.5 Å². The molecular formula is C20H21N3O. The number of nitrogens with one attached hydrogen (secondary N) is 2. The Morgan fingerprint density at radius 2 is 2.00 bits per heavy atom. The minimum atomic E-state index is -0.0321. The summed E-state index contributed by atoms with van der Waals surface area (Å²) in [5.74, 6) is 0. The summed E-state index contributed by atoms with van der Waals surface area (Å²) in [6, 6.07) is 18.8. The average Bonchev–Trinajstić information content (AvgIpc) is 3.22. The van der Waals surface area contributed by atoms with Crippen molar-refractivity contribution in [3.63, 3.8) is 0 Å². The number of para-hydroxylation sites is 1. The van der Waals surface area contributed by atoms with Crippen molar-refractivity contribution in [2.45, 2.75) is 25.4 Å². The number of rotatable bonds is 3. The lowest BCUT2D eigenvalue weighted by Crippen LogP contribution is -2.38. The van der Waals surface area contributed by atoms with Crippen molar-refractivity contribution in [2.75, 3.05) is 7.05 Å². The summed E-state index contributed by atoms with van der Waals surface area (Å²) in [5, 5.41) is 4.19. The largest absolute Gasteiger partial charge is 0.357 e. The van der Waals surface area contributed by atoms with Crippen LogP contribution >= 0.6 is 0 Å². The van der Waals surface area contributed by atoms with Crippen molar-refractivity contribution in [1.82, 2.24) is 15.2 Å². The molecule has 2 amide bonds. The fraction of sp³-hybridized carbons (Fsp3) is 0.250. The van der Waals surface area contributed by atoms with Crippen LogP contribution in [0, 0.1) is 0 Å². The molecule has 24 heavy (non-hydrogen) atoms. The molecule has 0 radical (unpaired) electrons. The number of urea groups is 1. The SMILES string of the molecule is CN(C(=O)NCc1cc2ccccc2[nH]1)[C@@H]1CCc2ccccc21. The summed E-state index contributed by atoms with van der Waals surface area (Å²) < 4.78 is 0. The Morgan fingerprint density at radius 3 is 2.88 bits per heavy atom. The Hall–Kier alpha value is -2.75. The first-order valence-electron chi connectivity index (χ1n) is 8.37. The summed E-state index contributed by atoms with van der Waals surface area (Å²) in [6.45, 7) is 0.506. The van der Waals surface area contributed by atoms with E-state index in [1.165, 1.54) is 16.5 Å². The molecule has 2 N–H and O–H groups in total. The Labute approximate surface area is 141 Å². The zero-order valence-corrected chi connectivity index (χ0v) is 13.8. The summed E-state index contributed by atoms with van der Waals surface area (Å²) in [4.78, 5) is 17.7. The molecule has 4 nitrogen and oxygen atoms in total. The molecule has 122 valence electrons. The molecule has 1 heterocycles. The van der Waals surface area contributed by atoms with E-state index < -0.39 is 0 Å². The Bertz CT molecular complexity index is 850. The highest BCUT2D eigenvalue weighted by Crippen LogP contribution is 2.34. The number of aromatic amines is 1. The van der Waals surface area contributed by atoms with Gasteiger partial charge in [-0.05, 0) is 41.5 Å². The van der Waals surface area contributed by atoms with Gasteiger partial charge in [-0.2, -0.15) is 0 Å². The minimum Gasteiger partial charge on any atom is -0.357 e. The highest BCUT2D eigenvalue weighted by atomic mass is 16.2. The van der Waals surface area contributed by atoms with Gasteiger partial charge in [0.25, 0.3) is 0 Å². The van der Waals surface area contributed by atoms with E-state index in [4.69, 9.17) is 0 Å². The number of aryl methyl sites for hydroxylation is 1. The van der Waals surface area contributed by atoms with Gasteiger partial charge in [0.05, 0.1) is 12.6 Å². The summed E-state index contributed by atoms with van der Waals surface area (Å²) in [5.41, 5.74) is 4.75. The quantitative estimate of drug-likeness (QED) is 0.753. The van der Waals surface area contributed by atoms with Gasteiger partial charge in [0.15, 0.2) is 0 Å². The van der Waals surface area contributed by atoms with E-state index in [0.717, 1.165) is 24.1 Å². The standard InChI is InChI=1S/C20H21N3O/c1-23(19-11-10-14-6-2-4-8-17(14)19)20(24)21-13-16-12-15-7-3-5-9-18(15)22-16/h2-9,12,19,22H,10-11,13H2,1H3,(H,21,24)/t19-/m1/s1. The van der Waals surface area contributed by atoms with Crippen molar-refractivity contribution in [3.8, 4) is 0 Å². The van der Waals surface area contributed by atoms with E-state index in [0.29, 0.717) is 6.54 Å². The van der Waals surface area contributed by atoms with Crippen LogP contribution in [0.4, 0.5) is 4.79 Å². The molecule has 0 saturated carbocycles. The number of H-pyrrole nitrogens is 1. The van der Waals surface area contributed by atoms with E-state index in [1.54, 1.807) is 0 Å². The maximum atomic E-state index is 12.5. The fourth-order valence-corrected chi connectivity index (χ4v) is 3.60. The lowest BCUT2D eigenvalue weighted by Gasteiger charge is -2.25. The van der Waals surface area contributed by atoms with Gasteiger partial charge in [-0.15, -0.1) is 0 Å². The second kappa shape index (κ2) is 6.04. The van der Waals surface area contributed by atoms with Gasteiger partial charge in [-0.3, -0.25) is 0 Å². The lowest BCUT2D eigenvalue weighted by molar-refractivity contribution is 0.189. The molecule has 0 unspecified atom stereocenters. The third kappa shape index (κ3) is 2.64.